The summed E-state index contributed by atoms with van der Waals surface area (Å²) in [4.78, 5) is 18.1. The third-order valence-corrected chi connectivity index (χ3v) is 4.60. The molecular weight excluding hydrogens is 360 g/mol. The molecule has 4 N–H and O–H groups in total. The number of carbonyl (C=O) groups excluding carboxylic acids is 1. The lowest BCUT2D eigenvalue weighted by molar-refractivity contribution is 0.0824. The van der Waals surface area contributed by atoms with E-state index >= 15 is 0 Å². The molecule has 0 bridgehead atoms. The van der Waals surface area contributed by atoms with Crippen molar-refractivity contribution >= 4 is 28.7 Å². The van der Waals surface area contributed by atoms with Crippen LogP contribution in [-0.2, 0) is 7.05 Å². The van der Waals surface area contributed by atoms with Crippen molar-refractivity contribution < 1.29 is 20.1 Å². The molecule has 0 aliphatic heterocycles. The molecule has 0 atom stereocenters. The second kappa shape index (κ2) is 7.46. The Hall–Kier alpha value is -3.16. The standard InChI is InChI=1S/C20H28N4O4/c1-11(20(2,3)4)21-14-15(19(28)24(7)18(14)27)22-13-10-8-9-12(16(13)25)17(26)23(5)6/h8-10,22,25,27-28H,1-7H3. The van der Waals surface area contributed by atoms with Crippen molar-refractivity contribution in [2.45, 2.75) is 27.7 Å². The van der Waals surface area contributed by atoms with Crippen LogP contribution >= 0.6 is 0 Å². The zero-order valence-electron chi connectivity index (χ0n) is 17.3. The summed E-state index contributed by atoms with van der Waals surface area (Å²) in [6, 6.07) is 4.69. The summed E-state index contributed by atoms with van der Waals surface area (Å²) in [5.41, 5.74) is 1.11. The molecule has 0 aliphatic carbocycles. The van der Waals surface area contributed by atoms with Gasteiger partial charge in [-0.15, -0.1) is 0 Å². The maximum Gasteiger partial charge on any atom is 0.257 e. The summed E-state index contributed by atoms with van der Waals surface area (Å²) in [5, 5.41) is 34.3. The molecule has 8 heteroatoms. The van der Waals surface area contributed by atoms with Gasteiger partial charge in [-0.05, 0) is 24.5 Å². The number of amides is 1. The lowest BCUT2D eigenvalue weighted by Gasteiger charge is -2.18. The molecule has 1 heterocycles. The first-order valence-corrected chi connectivity index (χ1v) is 8.83. The first kappa shape index (κ1) is 21.1. The number of aliphatic imine (C=N–C) groups is 1. The van der Waals surface area contributed by atoms with E-state index in [-0.39, 0.29) is 51.5 Å². The third-order valence-electron chi connectivity index (χ3n) is 4.60. The highest BCUT2D eigenvalue weighted by molar-refractivity contribution is 5.99. The van der Waals surface area contributed by atoms with Crippen molar-refractivity contribution in [3.8, 4) is 17.5 Å². The van der Waals surface area contributed by atoms with Crippen molar-refractivity contribution in [1.82, 2.24) is 9.47 Å². The molecule has 0 radical (unpaired) electrons. The third kappa shape index (κ3) is 3.90. The highest BCUT2D eigenvalue weighted by Crippen LogP contribution is 2.47. The van der Waals surface area contributed by atoms with E-state index < -0.39 is 0 Å². The van der Waals surface area contributed by atoms with Crippen LogP contribution in [0.2, 0.25) is 0 Å². The first-order valence-electron chi connectivity index (χ1n) is 8.83. The van der Waals surface area contributed by atoms with E-state index in [4.69, 9.17) is 0 Å². The van der Waals surface area contributed by atoms with Crippen LogP contribution in [0.3, 0.4) is 0 Å². The fraction of sp³-hybridized carbons (Fsp3) is 0.400. The van der Waals surface area contributed by atoms with E-state index in [1.165, 1.54) is 22.6 Å². The number of nitrogens with zero attached hydrogens (tertiary/aromatic N) is 3. The van der Waals surface area contributed by atoms with Crippen molar-refractivity contribution in [3.05, 3.63) is 23.8 Å². The summed E-state index contributed by atoms with van der Waals surface area (Å²) in [6.45, 7) is 7.80. The fourth-order valence-electron chi connectivity index (χ4n) is 2.39. The summed E-state index contributed by atoms with van der Waals surface area (Å²) in [6.07, 6.45) is 0. The number of hydrogen-bond acceptors (Lipinski definition) is 6. The SMILES string of the molecule is CC(=Nc1c(Nc2cccc(C(=O)N(C)C)c2O)c(O)n(C)c1O)C(C)(C)C. The number of nitrogens with one attached hydrogen (secondary N) is 1. The number of aromatic hydroxyl groups is 3. The molecule has 0 unspecified atom stereocenters. The zero-order chi connectivity index (χ0) is 21.4. The van der Waals surface area contributed by atoms with Crippen LogP contribution < -0.4 is 5.32 Å². The van der Waals surface area contributed by atoms with Gasteiger partial charge in [-0.3, -0.25) is 9.36 Å². The fourth-order valence-corrected chi connectivity index (χ4v) is 2.39. The summed E-state index contributed by atoms with van der Waals surface area (Å²) < 4.78 is 1.18. The molecule has 0 saturated heterocycles. The molecule has 0 fully saturated rings. The Labute approximate surface area is 164 Å². The van der Waals surface area contributed by atoms with Crippen LogP contribution in [0, 0.1) is 5.41 Å². The van der Waals surface area contributed by atoms with Gasteiger partial charge in [0.2, 0.25) is 11.8 Å². The average molecular weight is 388 g/mol. The van der Waals surface area contributed by atoms with E-state index in [2.05, 4.69) is 10.3 Å². The number of hydrogen-bond donors (Lipinski definition) is 4. The Balaban J connectivity index is 2.58. The van der Waals surface area contributed by atoms with Gasteiger partial charge in [-0.2, -0.15) is 0 Å². The Morgan fingerprint density at radius 1 is 1.14 bits per heavy atom. The molecular formula is C20H28N4O4. The molecule has 0 spiro atoms. The first-order chi connectivity index (χ1) is 12.9. The second-order valence-corrected chi connectivity index (χ2v) is 7.90. The Morgan fingerprint density at radius 2 is 1.75 bits per heavy atom. The predicted molar refractivity (Wildman–Crippen MR) is 110 cm³/mol. The van der Waals surface area contributed by atoms with E-state index in [1.54, 1.807) is 26.2 Å². The molecule has 152 valence electrons. The van der Waals surface area contributed by atoms with Gasteiger partial charge in [-0.1, -0.05) is 26.8 Å². The number of para-hydroxylation sites is 1. The molecule has 1 aromatic heterocycles. The van der Waals surface area contributed by atoms with Gasteiger partial charge in [0.1, 0.15) is 5.69 Å². The lowest BCUT2D eigenvalue weighted by atomic mass is 9.91. The van der Waals surface area contributed by atoms with Gasteiger partial charge in [0, 0.05) is 26.9 Å². The minimum Gasteiger partial charge on any atom is -0.505 e. The molecule has 0 aliphatic rings. The van der Waals surface area contributed by atoms with Gasteiger partial charge < -0.3 is 25.5 Å². The van der Waals surface area contributed by atoms with E-state index in [1.807, 2.05) is 27.7 Å². The van der Waals surface area contributed by atoms with Crippen LogP contribution in [-0.4, -0.2) is 50.5 Å². The summed E-state index contributed by atoms with van der Waals surface area (Å²) in [7, 11) is 4.67. The minimum atomic E-state index is -0.358. The molecule has 8 nitrogen and oxygen atoms in total. The largest absolute Gasteiger partial charge is 0.505 e. The number of phenolic OH excluding ortho intramolecular Hbond substituents is 1. The van der Waals surface area contributed by atoms with Crippen LogP contribution in [0.15, 0.2) is 23.2 Å². The molecule has 28 heavy (non-hydrogen) atoms. The maximum atomic E-state index is 12.2. The zero-order valence-corrected chi connectivity index (χ0v) is 17.3. The number of aromatic nitrogens is 1. The molecule has 0 saturated carbocycles. The maximum absolute atomic E-state index is 12.2. The summed E-state index contributed by atoms with van der Waals surface area (Å²) >= 11 is 0. The quantitative estimate of drug-likeness (QED) is 0.471. The van der Waals surface area contributed by atoms with Gasteiger partial charge >= 0.3 is 0 Å². The molecule has 2 aromatic rings. The van der Waals surface area contributed by atoms with Gasteiger partial charge in [0.25, 0.3) is 5.91 Å². The van der Waals surface area contributed by atoms with Gasteiger partial charge in [-0.25, -0.2) is 4.99 Å². The monoisotopic (exact) mass is 388 g/mol. The summed E-state index contributed by atoms with van der Waals surface area (Å²) in [5.74, 6) is -1.08. The van der Waals surface area contributed by atoms with Crippen molar-refractivity contribution in [2.75, 3.05) is 19.4 Å². The Bertz CT molecular complexity index is 937. The molecule has 2 rings (SSSR count). The molecule has 1 aromatic carbocycles. The van der Waals surface area contributed by atoms with E-state index in [0.29, 0.717) is 0 Å². The smallest absolute Gasteiger partial charge is 0.257 e. The van der Waals surface area contributed by atoms with Crippen molar-refractivity contribution in [3.63, 3.8) is 0 Å². The van der Waals surface area contributed by atoms with E-state index in [9.17, 15) is 20.1 Å². The van der Waals surface area contributed by atoms with Crippen LogP contribution in [0.5, 0.6) is 17.5 Å². The predicted octanol–water partition coefficient (Wildman–Crippen LogP) is 3.73. The van der Waals surface area contributed by atoms with Crippen LogP contribution in [0.4, 0.5) is 17.1 Å². The Morgan fingerprint density at radius 3 is 2.29 bits per heavy atom. The highest BCUT2D eigenvalue weighted by Gasteiger charge is 2.24. The number of benzene rings is 1. The Kier molecular flexibility index (Phi) is 5.63. The molecule has 1 amide bonds. The van der Waals surface area contributed by atoms with Crippen LogP contribution in [0.25, 0.3) is 0 Å². The minimum absolute atomic E-state index is 0.116. The lowest BCUT2D eigenvalue weighted by Crippen LogP contribution is -2.21. The number of rotatable bonds is 4. The van der Waals surface area contributed by atoms with Gasteiger partial charge in [0.05, 0.1) is 11.3 Å². The van der Waals surface area contributed by atoms with Crippen molar-refractivity contribution in [1.29, 1.82) is 0 Å². The van der Waals surface area contributed by atoms with Crippen LogP contribution in [0.1, 0.15) is 38.1 Å². The topological polar surface area (TPSA) is 110 Å². The second-order valence-electron chi connectivity index (χ2n) is 7.90. The average Bonchev–Trinajstić information content (AvgIpc) is 2.80. The number of anilines is 2. The van der Waals surface area contributed by atoms with Gasteiger partial charge in [0.15, 0.2) is 11.4 Å². The normalized spacial score (nSPS) is 12.2. The highest BCUT2D eigenvalue weighted by atomic mass is 16.3. The number of carbonyl (C=O) groups is 1. The van der Waals surface area contributed by atoms with Crippen molar-refractivity contribution in [2.24, 2.45) is 17.5 Å². The van der Waals surface area contributed by atoms with E-state index in [0.717, 1.165) is 5.71 Å². The number of phenols is 1.